The Hall–Kier alpha value is -1.25. The molecule has 6 nitrogen and oxygen atoms in total. The highest BCUT2D eigenvalue weighted by atomic mass is 32.2. The number of aromatic nitrogens is 1. The number of hydrogen-bond acceptors (Lipinski definition) is 4. The van der Waals surface area contributed by atoms with Gasteiger partial charge in [0.25, 0.3) is 10.2 Å². The van der Waals surface area contributed by atoms with Crippen molar-refractivity contribution in [2.75, 3.05) is 44.2 Å². The van der Waals surface area contributed by atoms with Gasteiger partial charge in [-0.05, 0) is 31.4 Å². The van der Waals surface area contributed by atoms with Crippen LogP contribution in [0.4, 0.5) is 10.2 Å². The van der Waals surface area contributed by atoms with Gasteiger partial charge in [-0.2, -0.15) is 17.0 Å². The second-order valence-electron chi connectivity index (χ2n) is 5.66. The molecule has 22 heavy (non-hydrogen) atoms. The zero-order valence-electron chi connectivity index (χ0n) is 12.5. The van der Waals surface area contributed by atoms with Crippen molar-refractivity contribution in [3.8, 4) is 0 Å². The molecule has 0 amide bonds. The van der Waals surface area contributed by atoms with Crippen LogP contribution >= 0.6 is 0 Å². The molecule has 3 heterocycles. The van der Waals surface area contributed by atoms with Crippen LogP contribution in [0.3, 0.4) is 0 Å². The summed E-state index contributed by atoms with van der Waals surface area (Å²) in [7, 11) is -3.37. The minimum absolute atomic E-state index is 0.308. The fourth-order valence-corrected chi connectivity index (χ4v) is 4.75. The van der Waals surface area contributed by atoms with Gasteiger partial charge in [-0.15, -0.1) is 0 Å². The van der Waals surface area contributed by atoms with Crippen LogP contribution in [0.1, 0.15) is 19.3 Å². The molecular weight excluding hydrogens is 307 g/mol. The van der Waals surface area contributed by atoms with Gasteiger partial charge in [0.1, 0.15) is 0 Å². The van der Waals surface area contributed by atoms with Crippen LogP contribution < -0.4 is 4.90 Å². The Kier molecular flexibility index (Phi) is 4.60. The van der Waals surface area contributed by atoms with Crippen molar-refractivity contribution in [3.05, 3.63) is 24.1 Å². The van der Waals surface area contributed by atoms with Crippen molar-refractivity contribution < 1.29 is 12.8 Å². The van der Waals surface area contributed by atoms with E-state index in [1.165, 1.54) is 10.4 Å². The molecule has 0 radical (unpaired) electrons. The maximum absolute atomic E-state index is 13.8. The van der Waals surface area contributed by atoms with Crippen molar-refractivity contribution in [2.45, 2.75) is 19.3 Å². The number of rotatable bonds is 3. The summed E-state index contributed by atoms with van der Waals surface area (Å²) in [5, 5.41) is 0. The van der Waals surface area contributed by atoms with Crippen molar-refractivity contribution in [2.24, 2.45) is 0 Å². The quantitative estimate of drug-likeness (QED) is 0.833. The van der Waals surface area contributed by atoms with Gasteiger partial charge in [-0.1, -0.05) is 0 Å². The molecule has 2 fully saturated rings. The van der Waals surface area contributed by atoms with Crippen LogP contribution in [0.5, 0.6) is 0 Å². The molecule has 0 atom stereocenters. The predicted molar refractivity (Wildman–Crippen MR) is 82.3 cm³/mol. The molecule has 3 rings (SSSR count). The van der Waals surface area contributed by atoms with Crippen molar-refractivity contribution >= 4 is 16.0 Å². The van der Waals surface area contributed by atoms with Gasteiger partial charge in [0.05, 0.1) is 0 Å². The van der Waals surface area contributed by atoms with Gasteiger partial charge in [0.2, 0.25) is 0 Å². The van der Waals surface area contributed by atoms with Gasteiger partial charge in [0, 0.05) is 45.5 Å². The minimum atomic E-state index is -3.37. The molecule has 0 bridgehead atoms. The van der Waals surface area contributed by atoms with Crippen LogP contribution in [-0.4, -0.2) is 61.3 Å². The van der Waals surface area contributed by atoms with Crippen LogP contribution in [-0.2, 0) is 10.2 Å². The first-order chi connectivity index (χ1) is 10.6. The third kappa shape index (κ3) is 3.09. The molecule has 0 aromatic carbocycles. The average molecular weight is 328 g/mol. The summed E-state index contributed by atoms with van der Waals surface area (Å²) in [6, 6.07) is 2.94. The Balaban J connectivity index is 1.71. The molecule has 0 unspecified atom stereocenters. The summed E-state index contributed by atoms with van der Waals surface area (Å²) in [5.74, 6) is -0.0544. The lowest BCUT2D eigenvalue weighted by molar-refractivity contribution is 0.373. The highest BCUT2D eigenvalue weighted by Crippen LogP contribution is 2.21. The molecule has 2 aliphatic heterocycles. The van der Waals surface area contributed by atoms with Crippen LogP contribution in [0.2, 0.25) is 0 Å². The third-order valence-corrected chi connectivity index (χ3v) is 6.25. The first-order valence-electron chi connectivity index (χ1n) is 7.70. The lowest BCUT2D eigenvalue weighted by atomic mass is 10.3. The van der Waals surface area contributed by atoms with E-state index in [2.05, 4.69) is 4.98 Å². The number of hydrogen-bond donors (Lipinski definition) is 0. The molecule has 0 aliphatic carbocycles. The maximum atomic E-state index is 13.8. The summed E-state index contributed by atoms with van der Waals surface area (Å²) < 4.78 is 42.1. The van der Waals surface area contributed by atoms with Gasteiger partial charge < -0.3 is 4.90 Å². The van der Waals surface area contributed by atoms with Crippen molar-refractivity contribution in [3.63, 3.8) is 0 Å². The van der Waals surface area contributed by atoms with Crippen LogP contribution in [0, 0.1) is 5.82 Å². The Labute approximate surface area is 130 Å². The van der Waals surface area contributed by atoms with Crippen molar-refractivity contribution in [1.29, 1.82) is 0 Å². The van der Waals surface area contributed by atoms with E-state index in [0.29, 0.717) is 51.5 Å². The fourth-order valence-electron chi connectivity index (χ4n) is 3.03. The van der Waals surface area contributed by atoms with E-state index in [-0.39, 0.29) is 5.82 Å². The van der Waals surface area contributed by atoms with E-state index in [1.807, 2.05) is 4.90 Å². The van der Waals surface area contributed by atoms with Crippen LogP contribution in [0.15, 0.2) is 18.3 Å². The molecule has 8 heteroatoms. The standard InChI is InChI=1S/C14H21FN4O2S/c15-13-5-3-6-16-14(13)17-7-4-10-19(12-11-17)22(20,21)18-8-1-2-9-18/h3,5-6H,1-2,4,7-12H2. The zero-order chi connectivity index (χ0) is 15.6. The highest BCUT2D eigenvalue weighted by Gasteiger charge is 2.33. The lowest BCUT2D eigenvalue weighted by Gasteiger charge is -2.26. The molecule has 2 saturated heterocycles. The summed E-state index contributed by atoms with van der Waals surface area (Å²) in [5.41, 5.74) is 0. The molecule has 1 aromatic heterocycles. The van der Waals surface area contributed by atoms with E-state index >= 15 is 0 Å². The van der Waals surface area contributed by atoms with Crippen LogP contribution in [0.25, 0.3) is 0 Å². The number of anilines is 1. The smallest absolute Gasteiger partial charge is 0.282 e. The normalized spacial score (nSPS) is 22.0. The number of pyridine rings is 1. The molecular formula is C14H21FN4O2S. The number of nitrogens with zero attached hydrogens (tertiary/aromatic N) is 4. The molecule has 0 spiro atoms. The maximum Gasteiger partial charge on any atom is 0.282 e. The highest BCUT2D eigenvalue weighted by molar-refractivity contribution is 7.86. The monoisotopic (exact) mass is 328 g/mol. The van der Waals surface area contributed by atoms with Gasteiger partial charge in [-0.3, -0.25) is 0 Å². The van der Waals surface area contributed by atoms with E-state index < -0.39 is 10.2 Å². The fraction of sp³-hybridized carbons (Fsp3) is 0.643. The van der Waals surface area contributed by atoms with Gasteiger partial charge >= 0.3 is 0 Å². The van der Waals surface area contributed by atoms with E-state index in [1.54, 1.807) is 16.6 Å². The van der Waals surface area contributed by atoms with E-state index in [0.717, 1.165) is 12.8 Å². The molecule has 0 N–H and O–H groups in total. The first kappa shape index (κ1) is 15.6. The molecule has 122 valence electrons. The van der Waals surface area contributed by atoms with Gasteiger partial charge in [0.15, 0.2) is 11.6 Å². The Morgan fingerprint density at radius 1 is 0.955 bits per heavy atom. The average Bonchev–Trinajstić information content (AvgIpc) is 2.94. The second-order valence-corrected chi connectivity index (χ2v) is 7.59. The SMILES string of the molecule is O=S(=O)(N1CCCC1)N1CCCN(c2ncccc2F)CC1. The summed E-state index contributed by atoms with van der Waals surface area (Å²) in [4.78, 5) is 5.91. The molecule has 0 saturated carbocycles. The Bertz CT molecular complexity index is 619. The Morgan fingerprint density at radius 2 is 1.64 bits per heavy atom. The first-order valence-corrected chi connectivity index (χ1v) is 9.09. The second kappa shape index (κ2) is 6.47. The topological polar surface area (TPSA) is 56.8 Å². The van der Waals surface area contributed by atoms with E-state index in [4.69, 9.17) is 0 Å². The zero-order valence-corrected chi connectivity index (χ0v) is 13.3. The van der Waals surface area contributed by atoms with E-state index in [9.17, 15) is 12.8 Å². The summed E-state index contributed by atoms with van der Waals surface area (Å²) in [6.45, 7) is 3.13. The van der Waals surface area contributed by atoms with Gasteiger partial charge in [-0.25, -0.2) is 9.37 Å². The largest absolute Gasteiger partial charge is 0.353 e. The lowest BCUT2D eigenvalue weighted by Crippen LogP contribution is -2.44. The Morgan fingerprint density at radius 3 is 2.36 bits per heavy atom. The molecule has 2 aliphatic rings. The minimum Gasteiger partial charge on any atom is -0.353 e. The molecule has 1 aromatic rings. The predicted octanol–water partition coefficient (Wildman–Crippen LogP) is 1.07. The number of halogens is 1. The summed E-state index contributed by atoms with van der Waals surface area (Å²) in [6.07, 6.45) is 4.09. The van der Waals surface area contributed by atoms with Crippen molar-refractivity contribution in [1.82, 2.24) is 13.6 Å². The third-order valence-electron chi connectivity index (χ3n) is 4.21. The summed E-state index contributed by atoms with van der Waals surface area (Å²) >= 11 is 0.